The Morgan fingerprint density at radius 2 is 1.35 bits per heavy atom. The van der Waals surface area contributed by atoms with E-state index < -0.39 is 27.3 Å². The van der Waals surface area contributed by atoms with E-state index in [0.717, 1.165) is 18.6 Å². The number of carbonyl (C=O) groups is 2. The maximum atomic E-state index is 11.6. The number of primary amides is 2. The molecule has 37 heavy (non-hydrogen) atoms. The van der Waals surface area contributed by atoms with E-state index in [2.05, 4.69) is 10.6 Å². The third kappa shape index (κ3) is 7.55. The number of ether oxygens (including phenoxy) is 2. The van der Waals surface area contributed by atoms with Crippen LogP contribution in [0.3, 0.4) is 0 Å². The summed E-state index contributed by atoms with van der Waals surface area (Å²) in [4.78, 5) is 44.8. The summed E-state index contributed by atoms with van der Waals surface area (Å²) in [5, 5.41) is 28.9. The normalized spacial score (nSPS) is 10.6. The van der Waals surface area contributed by atoms with Crippen LogP contribution in [0.15, 0.2) is 36.4 Å². The van der Waals surface area contributed by atoms with E-state index in [4.69, 9.17) is 20.9 Å². The SMILES string of the molecule is CCCCOc1cc(C(N)=O)cc([N+](=O)[O-])c1NC/C=C/CNc1c(OC)cc(C(N)=O)cc1[N+](=O)[O-]. The fourth-order valence-electron chi connectivity index (χ4n) is 3.22. The van der Waals surface area contributed by atoms with Gasteiger partial charge in [-0.05, 0) is 18.6 Å². The van der Waals surface area contributed by atoms with Crippen LogP contribution in [0.4, 0.5) is 22.7 Å². The molecule has 0 spiro atoms. The molecular weight excluding hydrogens is 488 g/mol. The zero-order valence-corrected chi connectivity index (χ0v) is 20.3. The number of hydrogen-bond acceptors (Lipinski definition) is 10. The highest BCUT2D eigenvalue weighted by Gasteiger charge is 2.23. The van der Waals surface area contributed by atoms with E-state index in [0.29, 0.717) is 13.0 Å². The van der Waals surface area contributed by atoms with E-state index in [-0.39, 0.29) is 52.8 Å². The van der Waals surface area contributed by atoms with Crippen molar-refractivity contribution in [1.82, 2.24) is 0 Å². The number of unbranched alkanes of at least 4 members (excludes halogenated alkanes) is 1. The Kier molecular flexibility index (Phi) is 10.2. The van der Waals surface area contributed by atoms with E-state index in [1.165, 1.54) is 19.2 Å². The highest BCUT2D eigenvalue weighted by atomic mass is 16.6. The molecule has 0 heterocycles. The Morgan fingerprint density at radius 3 is 1.76 bits per heavy atom. The van der Waals surface area contributed by atoms with Crippen LogP contribution in [-0.4, -0.2) is 48.5 Å². The summed E-state index contributed by atoms with van der Waals surface area (Å²) in [6.45, 7) is 2.50. The van der Waals surface area contributed by atoms with Crippen LogP contribution in [-0.2, 0) is 0 Å². The average Bonchev–Trinajstić information content (AvgIpc) is 2.85. The Hall–Kier alpha value is -4.88. The van der Waals surface area contributed by atoms with Crippen molar-refractivity contribution >= 4 is 34.6 Å². The number of nitrogens with one attached hydrogen (secondary N) is 2. The molecule has 0 radical (unpaired) electrons. The number of nitro benzene ring substituents is 2. The lowest BCUT2D eigenvalue weighted by atomic mass is 10.1. The highest BCUT2D eigenvalue weighted by Crippen LogP contribution is 2.37. The molecule has 0 atom stereocenters. The van der Waals surface area contributed by atoms with Crippen molar-refractivity contribution < 1.29 is 28.9 Å². The van der Waals surface area contributed by atoms with Gasteiger partial charge in [-0.2, -0.15) is 0 Å². The molecule has 2 aromatic rings. The first-order chi connectivity index (χ1) is 17.6. The number of benzene rings is 2. The Balaban J connectivity index is 2.19. The zero-order chi connectivity index (χ0) is 27.5. The molecule has 14 heteroatoms. The smallest absolute Gasteiger partial charge is 0.296 e. The molecule has 0 saturated carbocycles. The van der Waals surface area contributed by atoms with E-state index in [1.54, 1.807) is 12.2 Å². The number of anilines is 2. The van der Waals surface area contributed by atoms with E-state index in [9.17, 15) is 29.8 Å². The van der Waals surface area contributed by atoms with Gasteiger partial charge in [-0.25, -0.2) is 0 Å². The number of methoxy groups -OCH3 is 1. The van der Waals surface area contributed by atoms with Crippen molar-refractivity contribution in [2.45, 2.75) is 19.8 Å². The molecule has 0 aromatic heterocycles. The molecule has 14 nitrogen and oxygen atoms in total. The lowest BCUT2D eigenvalue weighted by Crippen LogP contribution is -2.14. The lowest BCUT2D eigenvalue weighted by molar-refractivity contribution is -0.384. The van der Waals surface area contributed by atoms with Crippen LogP contribution in [0.1, 0.15) is 40.5 Å². The first kappa shape index (κ1) is 28.4. The second-order valence-corrected chi connectivity index (χ2v) is 7.62. The highest BCUT2D eigenvalue weighted by molar-refractivity contribution is 5.96. The third-order valence-electron chi connectivity index (χ3n) is 5.06. The zero-order valence-electron chi connectivity index (χ0n) is 20.3. The summed E-state index contributed by atoms with van der Waals surface area (Å²) >= 11 is 0. The molecule has 0 saturated heterocycles. The van der Waals surface area contributed by atoms with Gasteiger partial charge in [0, 0.05) is 36.3 Å². The number of nitro groups is 2. The average molecular weight is 517 g/mol. The third-order valence-corrected chi connectivity index (χ3v) is 5.06. The number of amides is 2. The summed E-state index contributed by atoms with van der Waals surface area (Å²) in [6.07, 6.45) is 4.80. The monoisotopic (exact) mass is 516 g/mol. The van der Waals surface area contributed by atoms with Crippen LogP contribution in [0.2, 0.25) is 0 Å². The lowest BCUT2D eigenvalue weighted by Gasteiger charge is -2.14. The maximum Gasteiger partial charge on any atom is 0.296 e. The molecule has 0 aliphatic rings. The molecule has 0 aliphatic heterocycles. The second-order valence-electron chi connectivity index (χ2n) is 7.62. The first-order valence-corrected chi connectivity index (χ1v) is 11.1. The maximum absolute atomic E-state index is 11.6. The van der Waals surface area contributed by atoms with Crippen molar-refractivity contribution in [3.8, 4) is 11.5 Å². The van der Waals surface area contributed by atoms with Crippen LogP contribution in [0.5, 0.6) is 11.5 Å². The minimum atomic E-state index is -0.838. The van der Waals surface area contributed by atoms with Gasteiger partial charge < -0.3 is 31.6 Å². The van der Waals surface area contributed by atoms with Crippen LogP contribution in [0, 0.1) is 20.2 Å². The number of hydrogen-bond donors (Lipinski definition) is 4. The van der Waals surface area contributed by atoms with Gasteiger partial charge in [-0.15, -0.1) is 0 Å². The predicted octanol–water partition coefficient (Wildman–Crippen LogP) is 2.97. The molecule has 0 bridgehead atoms. The van der Waals surface area contributed by atoms with E-state index >= 15 is 0 Å². The van der Waals surface area contributed by atoms with Gasteiger partial charge in [0.05, 0.1) is 23.6 Å². The van der Waals surface area contributed by atoms with Crippen LogP contribution < -0.4 is 31.6 Å². The largest absolute Gasteiger partial charge is 0.494 e. The minimum Gasteiger partial charge on any atom is -0.494 e. The quantitative estimate of drug-likeness (QED) is 0.117. The van der Waals surface area contributed by atoms with Gasteiger partial charge >= 0.3 is 0 Å². The van der Waals surface area contributed by atoms with Gasteiger partial charge in [0.25, 0.3) is 11.4 Å². The van der Waals surface area contributed by atoms with Crippen molar-refractivity contribution in [2.24, 2.45) is 11.5 Å². The summed E-state index contributed by atoms with van der Waals surface area (Å²) < 4.78 is 10.8. The standard InChI is InChI=1S/C23H28N6O8/c1-3-4-9-37-19-13-15(23(25)31)11-17(29(34)35)21(19)27-8-6-5-7-26-20-16(28(32)33)10-14(22(24)30)12-18(20)36-2/h5-6,10-13,26-27H,3-4,7-9H2,1-2H3,(H2,24,30)(H2,25,31)/b6-5+. The Bertz CT molecular complexity index is 1210. The first-order valence-electron chi connectivity index (χ1n) is 11.1. The molecule has 2 amide bonds. The number of rotatable bonds is 15. The fourth-order valence-corrected chi connectivity index (χ4v) is 3.22. The summed E-state index contributed by atoms with van der Waals surface area (Å²) in [5.41, 5.74) is 9.78. The van der Waals surface area contributed by atoms with Gasteiger partial charge in [-0.3, -0.25) is 29.8 Å². The Morgan fingerprint density at radius 1 is 0.892 bits per heavy atom. The van der Waals surface area contributed by atoms with Gasteiger partial charge in [0.15, 0.2) is 11.4 Å². The fraction of sp³-hybridized carbons (Fsp3) is 0.304. The van der Waals surface area contributed by atoms with Crippen molar-refractivity contribution in [3.63, 3.8) is 0 Å². The topological polar surface area (TPSA) is 215 Å². The number of nitrogens with two attached hydrogens (primary N) is 2. The van der Waals surface area contributed by atoms with Crippen molar-refractivity contribution in [2.75, 3.05) is 37.4 Å². The molecular formula is C23H28N6O8. The van der Waals surface area contributed by atoms with Gasteiger partial charge in [0.2, 0.25) is 11.8 Å². The number of carbonyl (C=O) groups excluding carboxylic acids is 2. The van der Waals surface area contributed by atoms with E-state index in [1.807, 2.05) is 6.92 Å². The summed E-state index contributed by atoms with van der Waals surface area (Å²) in [6, 6.07) is 4.76. The Labute approximate surface area is 211 Å². The van der Waals surface area contributed by atoms with Gasteiger partial charge in [-0.1, -0.05) is 25.5 Å². The minimum absolute atomic E-state index is 0.0543. The van der Waals surface area contributed by atoms with Crippen LogP contribution in [0.25, 0.3) is 0 Å². The molecule has 2 aromatic carbocycles. The summed E-state index contributed by atoms with van der Waals surface area (Å²) in [5.74, 6) is -1.48. The molecule has 6 N–H and O–H groups in total. The second kappa shape index (κ2) is 13.3. The van der Waals surface area contributed by atoms with Gasteiger partial charge in [0.1, 0.15) is 11.5 Å². The number of nitrogens with zero attached hydrogens (tertiary/aromatic N) is 2. The molecule has 2 rings (SSSR count). The molecule has 0 unspecified atom stereocenters. The molecule has 198 valence electrons. The predicted molar refractivity (Wildman–Crippen MR) is 136 cm³/mol. The van der Waals surface area contributed by atoms with Crippen molar-refractivity contribution in [1.29, 1.82) is 0 Å². The molecule has 0 aliphatic carbocycles. The summed E-state index contributed by atoms with van der Waals surface area (Å²) in [7, 11) is 1.30. The van der Waals surface area contributed by atoms with Crippen LogP contribution >= 0.6 is 0 Å². The van der Waals surface area contributed by atoms with Crippen molar-refractivity contribution in [3.05, 3.63) is 67.8 Å². The molecule has 0 fully saturated rings.